The van der Waals surface area contributed by atoms with Crippen LogP contribution < -0.4 is 10.2 Å². The Labute approximate surface area is 204 Å². The number of anilines is 1. The average Bonchev–Trinajstić information content (AvgIpc) is 3.60. The second-order valence-electron chi connectivity index (χ2n) is 8.93. The lowest BCUT2D eigenvalue weighted by molar-refractivity contribution is -0.137. The summed E-state index contributed by atoms with van der Waals surface area (Å²) >= 11 is 0. The summed E-state index contributed by atoms with van der Waals surface area (Å²) in [6, 6.07) is 8.01. The first-order valence-electron chi connectivity index (χ1n) is 11.0. The second-order valence-corrected chi connectivity index (χ2v) is 10.9. The summed E-state index contributed by atoms with van der Waals surface area (Å²) in [5.41, 5.74) is -0.545. The van der Waals surface area contributed by atoms with Gasteiger partial charge in [0, 0.05) is 12.3 Å². The van der Waals surface area contributed by atoms with Crippen molar-refractivity contribution in [2.24, 2.45) is 0 Å². The van der Waals surface area contributed by atoms with Gasteiger partial charge in [-0.2, -0.15) is 18.4 Å². The number of nitrogens with one attached hydrogen (secondary N) is 1. The van der Waals surface area contributed by atoms with Gasteiger partial charge in [0.1, 0.15) is 0 Å². The van der Waals surface area contributed by atoms with E-state index in [4.69, 9.17) is 0 Å². The third-order valence-corrected chi connectivity index (χ3v) is 7.58. The Morgan fingerprint density at radius 2 is 1.83 bits per heavy atom. The Balaban J connectivity index is 1.69. The summed E-state index contributed by atoms with van der Waals surface area (Å²) in [4.78, 5) is 29.2. The highest BCUT2D eigenvalue weighted by Gasteiger charge is 2.49. The topological polar surface area (TPSA) is 111 Å². The highest BCUT2D eigenvalue weighted by Crippen LogP contribution is 2.44. The molecule has 186 valence electrons. The normalized spacial score (nSPS) is 20.4. The van der Waals surface area contributed by atoms with E-state index in [0.29, 0.717) is 0 Å². The Hall–Kier alpha value is -3.85. The van der Waals surface area contributed by atoms with Gasteiger partial charge in [0.25, 0.3) is 5.91 Å². The van der Waals surface area contributed by atoms with Crippen LogP contribution in [-0.2, 0) is 20.8 Å². The Morgan fingerprint density at radius 1 is 1.11 bits per heavy atom. The third-order valence-electron chi connectivity index (χ3n) is 6.42. The van der Waals surface area contributed by atoms with E-state index in [-0.39, 0.29) is 45.6 Å². The number of nitriles is 1. The van der Waals surface area contributed by atoms with Crippen molar-refractivity contribution in [2.75, 3.05) is 17.7 Å². The van der Waals surface area contributed by atoms with Crippen LogP contribution in [0.15, 0.2) is 58.6 Å². The van der Waals surface area contributed by atoms with E-state index < -0.39 is 39.6 Å². The fourth-order valence-electron chi connectivity index (χ4n) is 4.63. The van der Waals surface area contributed by atoms with Crippen molar-refractivity contribution in [3.8, 4) is 6.07 Å². The molecule has 0 bridgehead atoms. The molecule has 36 heavy (non-hydrogen) atoms. The summed E-state index contributed by atoms with van der Waals surface area (Å²) in [6.07, 6.45) is -2.17. The number of sulfone groups is 1. The molecule has 2 aromatic carbocycles. The third kappa shape index (κ3) is 3.99. The predicted molar refractivity (Wildman–Crippen MR) is 121 cm³/mol. The van der Waals surface area contributed by atoms with Crippen LogP contribution >= 0.6 is 0 Å². The molecular weight excluding hydrogens is 497 g/mol. The van der Waals surface area contributed by atoms with E-state index in [1.54, 1.807) is 4.90 Å². The molecule has 1 unspecified atom stereocenters. The monoisotopic (exact) mass is 516 g/mol. The lowest BCUT2D eigenvalue weighted by atomic mass is 9.94. The lowest BCUT2D eigenvalue weighted by Gasteiger charge is -2.34. The fraction of sp³-hybridized carbons (Fsp3) is 0.292. The number of hydrogen-bond acceptors (Lipinski definition) is 5. The molecule has 0 radical (unpaired) electrons. The highest BCUT2D eigenvalue weighted by molar-refractivity contribution is 7.90. The number of amides is 3. The molecule has 8 nitrogen and oxygen atoms in total. The number of benzene rings is 2. The largest absolute Gasteiger partial charge is 0.416 e. The molecule has 2 heterocycles. The number of alkyl halides is 3. The van der Waals surface area contributed by atoms with Gasteiger partial charge in [-0.1, -0.05) is 12.1 Å². The number of hydrogen-bond donors (Lipinski definition) is 1. The minimum atomic E-state index is -4.64. The van der Waals surface area contributed by atoms with E-state index in [1.807, 2.05) is 6.07 Å². The Kier molecular flexibility index (Phi) is 5.37. The van der Waals surface area contributed by atoms with Crippen molar-refractivity contribution in [1.82, 2.24) is 10.2 Å². The molecule has 2 aromatic rings. The minimum Gasteiger partial charge on any atom is -0.330 e. The summed E-state index contributed by atoms with van der Waals surface area (Å²) in [5.74, 6) is -0.418. The van der Waals surface area contributed by atoms with Crippen LogP contribution in [0, 0.1) is 11.3 Å². The maximum absolute atomic E-state index is 13.5. The lowest BCUT2D eigenvalue weighted by Crippen LogP contribution is -2.47. The van der Waals surface area contributed by atoms with Crippen molar-refractivity contribution in [3.63, 3.8) is 0 Å². The fourth-order valence-corrected chi connectivity index (χ4v) is 5.59. The van der Waals surface area contributed by atoms with Crippen molar-refractivity contribution in [1.29, 1.82) is 5.26 Å². The molecule has 1 atom stereocenters. The maximum Gasteiger partial charge on any atom is 0.416 e. The number of halogens is 3. The SMILES string of the molecule is CS(=O)(=O)c1cc(C#N)ccc1C1NC(=O)N(c2cccc(C(F)(F)F)c2)C2=C1C(=O)N(C1CC1)C2. The zero-order valence-electron chi connectivity index (χ0n) is 18.8. The highest BCUT2D eigenvalue weighted by atomic mass is 32.2. The Morgan fingerprint density at radius 3 is 2.44 bits per heavy atom. The molecule has 1 aliphatic carbocycles. The summed E-state index contributed by atoms with van der Waals surface area (Å²) in [7, 11) is -3.87. The maximum atomic E-state index is 13.5. The first-order valence-corrected chi connectivity index (χ1v) is 12.9. The van der Waals surface area contributed by atoms with Gasteiger partial charge in [0.15, 0.2) is 9.84 Å². The minimum absolute atomic E-state index is 0.00346. The molecule has 2 aliphatic heterocycles. The number of carbonyl (C=O) groups excluding carboxylic acids is 2. The smallest absolute Gasteiger partial charge is 0.330 e. The van der Waals surface area contributed by atoms with Crippen LogP contribution in [-0.4, -0.2) is 44.1 Å². The van der Waals surface area contributed by atoms with E-state index in [1.165, 1.54) is 30.3 Å². The van der Waals surface area contributed by atoms with E-state index >= 15 is 0 Å². The molecule has 5 rings (SSSR count). The van der Waals surface area contributed by atoms with E-state index in [9.17, 15) is 36.4 Å². The molecule has 0 saturated heterocycles. The molecule has 1 fully saturated rings. The van der Waals surface area contributed by atoms with Gasteiger partial charge in [-0.15, -0.1) is 0 Å². The summed E-state index contributed by atoms with van der Waals surface area (Å²) in [5, 5.41) is 11.9. The van der Waals surface area contributed by atoms with Crippen LogP contribution in [0.2, 0.25) is 0 Å². The van der Waals surface area contributed by atoms with Crippen LogP contribution in [0.3, 0.4) is 0 Å². The first kappa shape index (κ1) is 23.9. The van der Waals surface area contributed by atoms with Crippen LogP contribution in [0.4, 0.5) is 23.7 Å². The number of nitrogens with zero attached hydrogens (tertiary/aromatic N) is 3. The molecule has 1 saturated carbocycles. The van der Waals surface area contributed by atoms with Gasteiger partial charge in [0.05, 0.1) is 51.6 Å². The van der Waals surface area contributed by atoms with Crippen molar-refractivity contribution in [3.05, 3.63) is 70.4 Å². The first-order chi connectivity index (χ1) is 16.9. The van der Waals surface area contributed by atoms with Gasteiger partial charge in [-0.3, -0.25) is 9.69 Å². The van der Waals surface area contributed by atoms with Gasteiger partial charge in [-0.05, 0) is 48.7 Å². The number of urea groups is 1. The standard InChI is InChI=1S/C24H19F3N4O4S/c1-36(34,35)19-9-13(11-28)5-8-17(19)21-20-18(12-30(22(20)32)15-6-7-15)31(23(33)29-21)16-4-2-3-14(10-16)24(25,26)27/h2-5,8-10,15,21H,6-7,12H2,1H3,(H,29,33). The predicted octanol–water partition coefficient (Wildman–Crippen LogP) is 3.51. The van der Waals surface area contributed by atoms with Crippen molar-refractivity contribution >= 4 is 27.5 Å². The van der Waals surface area contributed by atoms with Gasteiger partial charge in [0.2, 0.25) is 0 Å². The molecule has 1 N–H and O–H groups in total. The molecule has 0 aromatic heterocycles. The van der Waals surface area contributed by atoms with Gasteiger partial charge >= 0.3 is 12.2 Å². The number of rotatable bonds is 4. The van der Waals surface area contributed by atoms with Crippen molar-refractivity contribution < 1.29 is 31.2 Å². The van der Waals surface area contributed by atoms with Gasteiger partial charge < -0.3 is 10.2 Å². The Bertz CT molecular complexity index is 1490. The molecule has 12 heteroatoms. The van der Waals surface area contributed by atoms with Gasteiger partial charge in [-0.25, -0.2) is 13.2 Å². The second kappa shape index (κ2) is 8.09. The molecule has 0 spiro atoms. The quantitative estimate of drug-likeness (QED) is 0.669. The summed E-state index contributed by atoms with van der Waals surface area (Å²) in [6.45, 7) is 0.00346. The molecule has 3 aliphatic rings. The van der Waals surface area contributed by atoms with Crippen molar-refractivity contribution in [2.45, 2.75) is 36.0 Å². The van der Waals surface area contributed by atoms with E-state index in [0.717, 1.165) is 36.1 Å². The number of carbonyl (C=O) groups is 2. The molecular formula is C24H19F3N4O4S. The van der Waals surface area contributed by atoms with Crippen LogP contribution in [0.1, 0.15) is 35.6 Å². The molecule has 3 amide bonds. The average molecular weight is 517 g/mol. The zero-order chi connectivity index (χ0) is 26.0. The van der Waals surface area contributed by atoms with E-state index in [2.05, 4.69) is 5.32 Å². The van der Waals surface area contributed by atoms with Crippen LogP contribution in [0.25, 0.3) is 0 Å². The van der Waals surface area contributed by atoms with Crippen LogP contribution in [0.5, 0.6) is 0 Å². The summed E-state index contributed by atoms with van der Waals surface area (Å²) < 4.78 is 65.2. The zero-order valence-corrected chi connectivity index (χ0v) is 19.7.